The van der Waals surface area contributed by atoms with E-state index < -0.39 is 78.7 Å². The summed E-state index contributed by atoms with van der Waals surface area (Å²) in [7, 11) is -6.20. The van der Waals surface area contributed by atoms with Crippen molar-refractivity contribution in [2.75, 3.05) is 0 Å². The Bertz CT molecular complexity index is 1350. The van der Waals surface area contributed by atoms with Crippen molar-refractivity contribution < 1.29 is 55.5 Å². The van der Waals surface area contributed by atoms with E-state index in [2.05, 4.69) is 4.18 Å². The number of aliphatic hydroxyl groups excluding tert-OH is 1. The number of aliphatic hydroxyl groups is 1. The maximum absolute atomic E-state index is 13.2. The second-order valence-electron chi connectivity index (χ2n) is 7.51. The highest BCUT2D eigenvalue weighted by Gasteiger charge is 2.50. The largest absolute Gasteiger partial charge is 0.534 e. The predicted octanol–water partition coefficient (Wildman–Crippen LogP) is 2.92. The van der Waals surface area contributed by atoms with Crippen LogP contribution in [0.2, 0.25) is 0 Å². The maximum Gasteiger partial charge on any atom is 0.534 e. The number of carbonyl (C=O) groups is 3. The third-order valence-corrected chi connectivity index (χ3v) is 6.51. The first-order valence-corrected chi connectivity index (χ1v) is 11.7. The molecular formula is C22H19F3O9S. The number of fused-ring (bicyclic) bond motifs is 3. The predicted molar refractivity (Wildman–Crippen MR) is 113 cm³/mol. The van der Waals surface area contributed by atoms with Crippen LogP contribution >= 0.6 is 0 Å². The molecule has 9 nitrogen and oxygen atoms in total. The van der Waals surface area contributed by atoms with Crippen molar-refractivity contribution in [1.29, 1.82) is 0 Å². The summed E-state index contributed by atoms with van der Waals surface area (Å²) in [6.45, 7) is 4.00. The van der Waals surface area contributed by atoms with Crippen LogP contribution in [-0.2, 0) is 21.3 Å². The van der Waals surface area contributed by atoms with Crippen LogP contribution < -0.4 is 4.18 Å². The van der Waals surface area contributed by atoms with Crippen LogP contribution in [0.25, 0.3) is 0 Å². The SMILES string of the molecule is CC.O=CC1Cc2c(O)c3c(c(O)c2C(O)C1)C(=O)c1c(OS(=O)(=O)C(F)(F)F)cccc1C3=O. The second-order valence-corrected chi connectivity index (χ2v) is 9.05. The molecule has 2 aromatic carbocycles. The van der Waals surface area contributed by atoms with Crippen molar-refractivity contribution in [1.82, 2.24) is 0 Å². The lowest BCUT2D eigenvalue weighted by atomic mass is 9.75. The zero-order valence-electron chi connectivity index (χ0n) is 18.2. The molecule has 2 aliphatic rings. The maximum atomic E-state index is 13.2. The molecule has 2 atom stereocenters. The van der Waals surface area contributed by atoms with Crippen LogP contribution in [0.15, 0.2) is 18.2 Å². The molecule has 3 N–H and O–H groups in total. The topological polar surface area (TPSA) is 155 Å². The van der Waals surface area contributed by atoms with Gasteiger partial charge in [-0.05, 0) is 18.9 Å². The van der Waals surface area contributed by atoms with Gasteiger partial charge in [-0.1, -0.05) is 26.0 Å². The molecule has 2 aliphatic carbocycles. The van der Waals surface area contributed by atoms with Gasteiger partial charge in [0.1, 0.15) is 17.8 Å². The summed E-state index contributed by atoms with van der Waals surface area (Å²) < 4.78 is 65.3. The summed E-state index contributed by atoms with van der Waals surface area (Å²) in [5.74, 6) is -5.94. The molecular weight excluding hydrogens is 497 g/mol. The lowest BCUT2D eigenvalue weighted by Gasteiger charge is -2.30. The quantitative estimate of drug-likeness (QED) is 0.206. The molecule has 2 unspecified atom stereocenters. The van der Waals surface area contributed by atoms with Gasteiger partial charge in [0.25, 0.3) is 0 Å². The molecule has 0 heterocycles. The Hall–Kier alpha value is -3.45. The smallest absolute Gasteiger partial charge is 0.507 e. The van der Waals surface area contributed by atoms with E-state index in [1.807, 2.05) is 13.8 Å². The highest BCUT2D eigenvalue weighted by atomic mass is 32.2. The van der Waals surface area contributed by atoms with Crippen molar-refractivity contribution in [3.8, 4) is 17.2 Å². The molecule has 0 amide bonds. The molecule has 0 radical (unpaired) electrons. The van der Waals surface area contributed by atoms with E-state index in [-0.39, 0.29) is 24.0 Å². The Kier molecular flexibility index (Phi) is 6.70. The van der Waals surface area contributed by atoms with Gasteiger partial charge in [0, 0.05) is 22.6 Å². The summed E-state index contributed by atoms with van der Waals surface area (Å²) in [6, 6.07) is 2.69. The standard InChI is InChI=1S/C20H13F3O9S.C2H6/c21-20(22,23)33(30,31)32-11-3-1-2-8-13(11)19(29)15-14(16(8)26)17(27)9-4-7(6-24)5-10(25)12(9)18(15)28;1-2/h1-3,6-7,10,25,27-28H,4-5H2;1-2H3. The molecule has 13 heteroatoms. The van der Waals surface area contributed by atoms with Crippen molar-refractivity contribution in [2.24, 2.45) is 5.92 Å². The van der Waals surface area contributed by atoms with Crippen LogP contribution in [0, 0.1) is 5.92 Å². The fraction of sp³-hybridized carbons (Fsp3) is 0.318. The highest BCUT2D eigenvalue weighted by Crippen LogP contribution is 2.50. The third kappa shape index (κ3) is 4.04. The van der Waals surface area contributed by atoms with Crippen molar-refractivity contribution in [2.45, 2.75) is 38.3 Å². The number of rotatable bonds is 3. The number of halogens is 3. The Labute approximate surface area is 196 Å². The number of phenols is 2. The van der Waals surface area contributed by atoms with Crippen LogP contribution in [0.3, 0.4) is 0 Å². The highest BCUT2D eigenvalue weighted by molar-refractivity contribution is 7.88. The van der Waals surface area contributed by atoms with Gasteiger partial charge >= 0.3 is 15.6 Å². The van der Waals surface area contributed by atoms with Crippen LogP contribution in [0.4, 0.5) is 13.2 Å². The Morgan fingerprint density at radius 2 is 1.63 bits per heavy atom. The number of hydrogen-bond donors (Lipinski definition) is 3. The van der Waals surface area contributed by atoms with Crippen LogP contribution in [-0.4, -0.2) is 47.1 Å². The lowest BCUT2D eigenvalue weighted by Crippen LogP contribution is -2.30. The minimum Gasteiger partial charge on any atom is -0.507 e. The van der Waals surface area contributed by atoms with Gasteiger partial charge in [-0.2, -0.15) is 21.6 Å². The average Bonchev–Trinajstić information content (AvgIpc) is 2.79. The molecule has 188 valence electrons. The zero-order valence-corrected chi connectivity index (χ0v) is 19.0. The molecule has 35 heavy (non-hydrogen) atoms. The number of benzene rings is 2. The number of hydrogen-bond acceptors (Lipinski definition) is 9. The zero-order chi connectivity index (χ0) is 26.5. The molecule has 4 rings (SSSR count). The van der Waals surface area contributed by atoms with Gasteiger partial charge < -0.3 is 24.3 Å². The molecule has 0 aliphatic heterocycles. The minimum atomic E-state index is -6.20. The molecule has 0 saturated carbocycles. The first-order valence-electron chi connectivity index (χ1n) is 10.3. The van der Waals surface area contributed by atoms with Gasteiger partial charge in [-0.3, -0.25) is 9.59 Å². The van der Waals surface area contributed by atoms with Crippen molar-refractivity contribution in [3.63, 3.8) is 0 Å². The summed E-state index contributed by atoms with van der Waals surface area (Å²) in [5.41, 5.74) is -9.21. The lowest BCUT2D eigenvalue weighted by molar-refractivity contribution is -0.112. The second kappa shape index (κ2) is 8.96. The Balaban J connectivity index is 0.00000167. The number of alkyl halides is 3. The average molecular weight is 516 g/mol. The van der Waals surface area contributed by atoms with E-state index in [1.54, 1.807) is 0 Å². The van der Waals surface area contributed by atoms with Crippen LogP contribution in [0.5, 0.6) is 17.2 Å². The van der Waals surface area contributed by atoms with Crippen LogP contribution in [0.1, 0.15) is 69.3 Å². The molecule has 2 aromatic rings. The first kappa shape index (κ1) is 26.2. The van der Waals surface area contributed by atoms with Gasteiger partial charge in [0.15, 0.2) is 11.5 Å². The van der Waals surface area contributed by atoms with Crippen molar-refractivity contribution >= 4 is 28.0 Å². The van der Waals surface area contributed by atoms with E-state index in [0.717, 1.165) is 18.2 Å². The normalized spacial score (nSPS) is 19.0. The van der Waals surface area contributed by atoms with E-state index in [1.165, 1.54) is 0 Å². The van der Waals surface area contributed by atoms with E-state index in [0.29, 0.717) is 6.29 Å². The van der Waals surface area contributed by atoms with Gasteiger partial charge in [-0.15, -0.1) is 0 Å². The summed E-state index contributed by atoms with van der Waals surface area (Å²) in [5, 5.41) is 31.8. The van der Waals surface area contributed by atoms with Crippen molar-refractivity contribution in [3.05, 3.63) is 51.6 Å². The third-order valence-electron chi connectivity index (χ3n) is 5.54. The fourth-order valence-corrected chi connectivity index (χ4v) is 4.57. The molecule has 0 bridgehead atoms. The van der Waals surface area contributed by atoms with E-state index in [4.69, 9.17) is 0 Å². The summed E-state index contributed by atoms with van der Waals surface area (Å²) in [4.78, 5) is 37.4. The molecule has 0 fully saturated rings. The molecule has 0 aromatic heterocycles. The monoisotopic (exact) mass is 516 g/mol. The number of aromatic hydroxyl groups is 2. The van der Waals surface area contributed by atoms with E-state index in [9.17, 15) is 51.3 Å². The van der Waals surface area contributed by atoms with E-state index >= 15 is 0 Å². The van der Waals surface area contributed by atoms with Gasteiger partial charge in [-0.25, -0.2) is 0 Å². The molecule has 0 spiro atoms. The minimum absolute atomic E-state index is 0.126. The number of carbonyl (C=O) groups excluding carboxylic acids is 3. The Morgan fingerprint density at radius 3 is 2.20 bits per heavy atom. The number of ketones is 2. The Morgan fingerprint density at radius 1 is 1.03 bits per heavy atom. The summed E-state index contributed by atoms with van der Waals surface area (Å²) >= 11 is 0. The number of phenolic OH excluding ortho intramolecular Hbond substituents is 2. The molecule has 0 saturated heterocycles. The first-order chi connectivity index (χ1) is 16.3. The number of aldehydes is 1. The van der Waals surface area contributed by atoms with Gasteiger partial charge in [0.05, 0.1) is 22.8 Å². The summed E-state index contributed by atoms with van der Waals surface area (Å²) in [6.07, 6.45) is -1.28. The van der Waals surface area contributed by atoms with Gasteiger partial charge in [0.2, 0.25) is 5.78 Å². The fourth-order valence-electron chi connectivity index (χ4n) is 4.10.